The van der Waals surface area contributed by atoms with E-state index in [0.717, 1.165) is 33.4 Å². The van der Waals surface area contributed by atoms with Gasteiger partial charge < -0.3 is 9.72 Å². The molecule has 0 saturated heterocycles. The van der Waals surface area contributed by atoms with Crippen LogP contribution in [0.2, 0.25) is 0 Å². The summed E-state index contributed by atoms with van der Waals surface area (Å²) in [5, 5.41) is 7.76. The van der Waals surface area contributed by atoms with E-state index < -0.39 is 5.97 Å². The highest BCUT2D eigenvalue weighted by molar-refractivity contribution is 6.42. The van der Waals surface area contributed by atoms with Crippen LogP contribution in [0.15, 0.2) is 90.2 Å². The van der Waals surface area contributed by atoms with Gasteiger partial charge in [-0.2, -0.15) is 0 Å². The Bertz CT molecular complexity index is 1280. The van der Waals surface area contributed by atoms with Crippen molar-refractivity contribution in [1.82, 2.24) is 4.98 Å². The van der Waals surface area contributed by atoms with Crippen molar-refractivity contribution in [3.63, 3.8) is 0 Å². The number of nitrogens with one attached hydrogen (secondary N) is 1. The lowest BCUT2D eigenvalue weighted by Gasteiger charge is -2.31. The zero-order chi connectivity index (χ0) is 22.1. The molecular formula is C26H24N4O2. The minimum atomic E-state index is -0.448. The molecule has 0 bridgehead atoms. The van der Waals surface area contributed by atoms with E-state index in [0.29, 0.717) is 0 Å². The summed E-state index contributed by atoms with van der Waals surface area (Å²) < 4.78 is 5.39. The second-order valence-corrected chi connectivity index (χ2v) is 7.69. The number of ether oxygens (including phenoxy) is 1. The summed E-state index contributed by atoms with van der Waals surface area (Å²) in [4.78, 5) is 18.3. The number of H-pyrrole nitrogens is 1. The number of amidine groups is 1. The molecule has 0 unspecified atom stereocenters. The van der Waals surface area contributed by atoms with Crippen LogP contribution in [0.1, 0.15) is 24.2 Å². The minimum Gasteiger partial charge on any atom is -0.460 e. The molecule has 1 aromatic heterocycles. The van der Waals surface area contributed by atoms with Crippen molar-refractivity contribution >= 4 is 34.1 Å². The monoisotopic (exact) mass is 424 g/mol. The standard InChI is InChI=1S/C26H24N4O2/c1-3-32-26(31)24-28-30(20-9-5-4-6-10-20)25(29(24)19-15-13-18(2)14-16-19)22-17-27-23-12-8-7-11-21(22)23/h4-17,25,27H,3H2,1-2H3/t25-/m1/s1. The lowest BCUT2D eigenvalue weighted by Crippen LogP contribution is -2.39. The van der Waals surface area contributed by atoms with Crippen LogP contribution in [0.25, 0.3) is 10.9 Å². The van der Waals surface area contributed by atoms with Gasteiger partial charge in [-0.05, 0) is 44.2 Å². The molecule has 1 atom stereocenters. The first-order valence-corrected chi connectivity index (χ1v) is 10.7. The average molecular weight is 425 g/mol. The molecule has 6 nitrogen and oxygen atoms in total. The molecule has 0 saturated carbocycles. The van der Waals surface area contributed by atoms with Crippen LogP contribution in [-0.2, 0) is 9.53 Å². The first kappa shape index (κ1) is 19.9. The Morgan fingerprint density at radius 1 is 0.969 bits per heavy atom. The molecular weight excluding hydrogens is 400 g/mol. The molecule has 32 heavy (non-hydrogen) atoms. The maximum absolute atomic E-state index is 13.0. The van der Waals surface area contributed by atoms with Crippen LogP contribution in [0, 0.1) is 6.92 Å². The molecule has 1 aliphatic heterocycles. The number of carbonyl (C=O) groups is 1. The molecule has 160 valence electrons. The fourth-order valence-electron chi connectivity index (χ4n) is 4.09. The molecule has 0 amide bonds. The molecule has 3 aromatic carbocycles. The van der Waals surface area contributed by atoms with Gasteiger partial charge in [0.15, 0.2) is 6.17 Å². The SMILES string of the molecule is CCOC(=O)C1=NN(c2ccccc2)[C@H](c2c[nH]c3ccccc23)N1c1ccc(C)cc1. The quantitative estimate of drug-likeness (QED) is 0.437. The zero-order valence-corrected chi connectivity index (χ0v) is 18.0. The Hall–Kier alpha value is -4.06. The van der Waals surface area contributed by atoms with E-state index >= 15 is 0 Å². The third kappa shape index (κ3) is 3.39. The van der Waals surface area contributed by atoms with Crippen LogP contribution < -0.4 is 9.91 Å². The summed E-state index contributed by atoms with van der Waals surface area (Å²) in [6.45, 7) is 4.12. The van der Waals surface area contributed by atoms with Crippen LogP contribution in [0.3, 0.4) is 0 Å². The normalized spacial score (nSPS) is 15.8. The lowest BCUT2D eigenvalue weighted by molar-refractivity contribution is -0.135. The van der Waals surface area contributed by atoms with E-state index in [1.165, 1.54) is 0 Å². The Kier molecular flexibility index (Phi) is 5.11. The lowest BCUT2D eigenvalue weighted by atomic mass is 10.1. The van der Waals surface area contributed by atoms with Gasteiger partial charge in [-0.15, -0.1) is 5.10 Å². The van der Waals surface area contributed by atoms with Crippen molar-refractivity contribution in [3.8, 4) is 0 Å². The number of fused-ring (bicyclic) bond motifs is 1. The highest BCUT2D eigenvalue weighted by Gasteiger charge is 2.42. The van der Waals surface area contributed by atoms with Gasteiger partial charge in [0.25, 0.3) is 0 Å². The summed E-state index contributed by atoms with van der Waals surface area (Å²) in [6, 6.07) is 26.1. The molecule has 1 aliphatic rings. The van der Waals surface area contributed by atoms with Crippen molar-refractivity contribution in [1.29, 1.82) is 0 Å². The smallest absolute Gasteiger partial charge is 0.376 e. The number of aromatic amines is 1. The van der Waals surface area contributed by atoms with Gasteiger partial charge in [0.2, 0.25) is 5.84 Å². The molecule has 0 spiro atoms. The van der Waals surface area contributed by atoms with Gasteiger partial charge in [-0.3, -0.25) is 4.90 Å². The van der Waals surface area contributed by atoms with E-state index in [1.807, 2.05) is 95.8 Å². The predicted molar refractivity (Wildman–Crippen MR) is 128 cm³/mol. The Labute approximate surface area is 186 Å². The van der Waals surface area contributed by atoms with Crippen molar-refractivity contribution < 1.29 is 9.53 Å². The Morgan fingerprint density at radius 3 is 2.44 bits per heavy atom. The third-order valence-electron chi connectivity index (χ3n) is 5.60. The topological polar surface area (TPSA) is 60.9 Å². The van der Waals surface area contributed by atoms with Gasteiger partial charge in [0.1, 0.15) is 0 Å². The van der Waals surface area contributed by atoms with Crippen LogP contribution in [-0.4, -0.2) is 23.4 Å². The van der Waals surface area contributed by atoms with Gasteiger partial charge in [-0.25, -0.2) is 9.80 Å². The van der Waals surface area contributed by atoms with Gasteiger partial charge in [0, 0.05) is 28.4 Å². The molecule has 6 heteroatoms. The summed E-state index contributed by atoms with van der Waals surface area (Å²) in [5.41, 5.74) is 4.96. The van der Waals surface area contributed by atoms with E-state index in [4.69, 9.17) is 9.84 Å². The number of aryl methyl sites for hydroxylation is 1. The highest BCUT2D eigenvalue weighted by atomic mass is 16.5. The van der Waals surface area contributed by atoms with Crippen LogP contribution in [0.4, 0.5) is 11.4 Å². The first-order valence-electron chi connectivity index (χ1n) is 10.7. The zero-order valence-electron chi connectivity index (χ0n) is 18.0. The number of carbonyl (C=O) groups excluding carboxylic acids is 1. The van der Waals surface area contributed by atoms with Crippen LogP contribution >= 0.6 is 0 Å². The summed E-state index contributed by atoms with van der Waals surface area (Å²) in [5.74, 6) is -0.189. The van der Waals surface area contributed by atoms with Gasteiger partial charge in [0.05, 0.1) is 12.3 Å². The van der Waals surface area contributed by atoms with Gasteiger partial charge >= 0.3 is 5.97 Å². The van der Waals surface area contributed by atoms with Crippen molar-refractivity contribution in [3.05, 3.63) is 96.2 Å². The van der Waals surface area contributed by atoms with Crippen molar-refractivity contribution in [2.24, 2.45) is 5.10 Å². The third-order valence-corrected chi connectivity index (χ3v) is 5.60. The predicted octanol–water partition coefficient (Wildman–Crippen LogP) is 5.38. The Morgan fingerprint density at radius 2 is 1.69 bits per heavy atom. The molecule has 4 aromatic rings. The molecule has 2 heterocycles. The molecule has 0 fully saturated rings. The molecule has 5 rings (SSSR count). The number of nitrogens with zero attached hydrogens (tertiary/aromatic N) is 3. The van der Waals surface area contributed by atoms with E-state index in [-0.39, 0.29) is 18.6 Å². The highest BCUT2D eigenvalue weighted by Crippen LogP contribution is 2.41. The second-order valence-electron chi connectivity index (χ2n) is 7.69. The average Bonchev–Trinajstić information content (AvgIpc) is 3.42. The van der Waals surface area contributed by atoms with Crippen molar-refractivity contribution in [2.75, 3.05) is 16.5 Å². The van der Waals surface area contributed by atoms with Crippen LogP contribution in [0.5, 0.6) is 0 Å². The van der Waals surface area contributed by atoms with Gasteiger partial charge in [-0.1, -0.05) is 54.1 Å². The number of para-hydroxylation sites is 2. The number of rotatable bonds is 5. The van der Waals surface area contributed by atoms with E-state index in [9.17, 15) is 4.79 Å². The van der Waals surface area contributed by atoms with E-state index in [1.54, 1.807) is 6.92 Å². The first-order chi connectivity index (χ1) is 15.7. The number of aromatic nitrogens is 1. The second kappa shape index (κ2) is 8.23. The fraction of sp³-hybridized carbons (Fsp3) is 0.154. The number of hydrogen-bond donors (Lipinski definition) is 1. The number of hydrazone groups is 1. The molecule has 0 aliphatic carbocycles. The summed E-state index contributed by atoms with van der Waals surface area (Å²) >= 11 is 0. The minimum absolute atomic E-state index is 0.259. The maximum atomic E-state index is 13.0. The molecule has 0 radical (unpaired) electrons. The van der Waals surface area contributed by atoms with Crippen molar-refractivity contribution in [2.45, 2.75) is 20.0 Å². The number of hydrogen-bond acceptors (Lipinski definition) is 5. The number of benzene rings is 3. The Balaban J connectivity index is 1.73. The van der Waals surface area contributed by atoms with E-state index in [2.05, 4.69) is 11.1 Å². The maximum Gasteiger partial charge on any atom is 0.376 e. The largest absolute Gasteiger partial charge is 0.460 e. The number of anilines is 2. The fourth-order valence-corrected chi connectivity index (χ4v) is 4.09. The molecule has 1 N–H and O–H groups in total. The summed E-state index contributed by atoms with van der Waals surface area (Å²) in [7, 11) is 0. The summed E-state index contributed by atoms with van der Waals surface area (Å²) in [6.07, 6.45) is 1.63. The number of esters is 1.